The fourth-order valence-electron chi connectivity index (χ4n) is 0.286. The molecule has 5 heteroatoms. The van der Waals surface area contributed by atoms with Crippen LogP contribution in [0.3, 0.4) is 0 Å². The lowest BCUT2D eigenvalue weighted by atomic mass is 10.4. The molecule has 0 aliphatic heterocycles. The number of carboxylic acids is 2. The van der Waals surface area contributed by atoms with Crippen molar-refractivity contribution in [3.8, 4) is 0 Å². The molecule has 1 N–H and O–H groups in total. The molecule has 0 aromatic heterocycles. The second kappa shape index (κ2) is 4.10. The normalized spacial score (nSPS) is 11.8. The highest BCUT2D eigenvalue weighted by molar-refractivity contribution is 5.83. The minimum atomic E-state index is -1.86. The van der Waals surface area contributed by atoms with Crippen molar-refractivity contribution in [1.82, 2.24) is 0 Å². The molecule has 0 saturated heterocycles. The number of hydrogen-bond acceptors (Lipinski definition) is 4. The van der Waals surface area contributed by atoms with Crippen molar-refractivity contribution in [2.24, 2.45) is 0 Å². The Bertz CT molecular complexity index is 225. The smallest absolute Gasteiger partial charge is 0.328 e. The van der Waals surface area contributed by atoms with Crippen molar-refractivity contribution in [1.29, 1.82) is 0 Å². The van der Waals surface area contributed by atoms with Crippen LogP contribution in [0.2, 0.25) is 0 Å². The van der Waals surface area contributed by atoms with E-state index in [-0.39, 0.29) is 0 Å². The van der Waals surface area contributed by atoms with Gasteiger partial charge in [0.2, 0.25) is 0 Å². The van der Waals surface area contributed by atoms with Gasteiger partial charge in [-0.2, -0.15) is 0 Å². The molecule has 0 aromatic rings. The number of hydrogen-bond donors (Lipinski definition) is 1. The van der Waals surface area contributed by atoms with Crippen LogP contribution in [0, 0.1) is 0 Å². The summed E-state index contributed by atoms with van der Waals surface area (Å²) < 4.78 is 0. The van der Waals surface area contributed by atoms with Crippen LogP contribution in [-0.4, -0.2) is 17.0 Å². The Morgan fingerprint density at radius 3 is 2.18 bits per heavy atom. The zero-order chi connectivity index (χ0) is 8.85. The molecule has 11 heavy (non-hydrogen) atoms. The molecule has 0 aliphatic carbocycles. The summed E-state index contributed by atoms with van der Waals surface area (Å²) in [5.74, 6) is -4.38. The van der Waals surface area contributed by atoms with E-state index in [0.717, 1.165) is 6.08 Å². The lowest BCUT2D eigenvalue weighted by molar-refractivity contribution is -0.353. The predicted molar refractivity (Wildman–Crippen MR) is 29.9 cm³/mol. The maximum absolute atomic E-state index is 10.2. The monoisotopic (exact) mass is 156 g/mol. The van der Waals surface area contributed by atoms with Gasteiger partial charge in [-0.25, -0.2) is 4.79 Å². The fraction of sp³-hybridized carbons (Fsp3) is 0. The molecule has 0 heterocycles. The quantitative estimate of drug-likeness (QED) is 0.279. The van der Waals surface area contributed by atoms with Crippen LogP contribution in [0.4, 0.5) is 0 Å². The van der Waals surface area contributed by atoms with Gasteiger partial charge in [-0.15, -0.1) is 0 Å². The standard InChI is InChI=1S/C6H6O5/c7-4(6(10)11)2-1-3-5(8)9/h1-3,7H,(H,8,9)(H,10,11)/p-2/b3-1-,4-2+. The zero-order valence-electron chi connectivity index (χ0n) is 5.31. The Labute approximate surface area is 61.9 Å². The average molecular weight is 156 g/mol. The predicted octanol–water partition coefficient (Wildman–Crippen LogP) is -2.38. The van der Waals surface area contributed by atoms with Gasteiger partial charge in [0, 0.05) is 6.08 Å². The van der Waals surface area contributed by atoms with Crippen LogP contribution in [0.5, 0.6) is 0 Å². The third-order valence-electron chi connectivity index (χ3n) is 0.688. The van der Waals surface area contributed by atoms with Crippen molar-refractivity contribution in [2.45, 2.75) is 0 Å². The van der Waals surface area contributed by atoms with Gasteiger partial charge < -0.3 is 20.1 Å². The van der Waals surface area contributed by atoms with E-state index in [2.05, 4.69) is 0 Å². The molecule has 0 atom stereocenters. The number of carbonyl (C=O) groups excluding carboxylic acids is 1. The average Bonchev–Trinajstić information content (AvgIpc) is 1.86. The molecule has 0 amide bonds. The van der Waals surface area contributed by atoms with Gasteiger partial charge in [0.15, 0.2) is 0 Å². The maximum atomic E-state index is 10.2. The third-order valence-corrected chi connectivity index (χ3v) is 0.688. The minimum absolute atomic E-state index is 0.601. The van der Waals surface area contributed by atoms with Crippen molar-refractivity contribution >= 4 is 11.9 Å². The Kier molecular flexibility index (Phi) is 3.44. The van der Waals surface area contributed by atoms with Crippen LogP contribution in [-0.2, 0) is 9.59 Å². The first-order chi connectivity index (χ1) is 5.04. The van der Waals surface area contributed by atoms with Gasteiger partial charge >= 0.3 is 5.97 Å². The summed E-state index contributed by atoms with van der Waals surface area (Å²) in [6, 6.07) is 0. The van der Waals surface area contributed by atoms with E-state index in [1.54, 1.807) is 0 Å². The number of allylic oxidation sites excluding steroid dienone is 2. The largest absolute Gasteiger partial charge is 0.871 e. The highest BCUT2D eigenvalue weighted by Gasteiger charge is 1.81. The van der Waals surface area contributed by atoms with Crippen LogP contribution in [0.15, 0.2) is 24.0 Å². The molecule has 0 aromatic carbocycles. The molecule has 0 rings (SSSR count). The maximum Gasteiger partial charge on any atom is 0.328 e. The summed E-state index contributed by atoms with van der Waals surface area (Å²) in [6.07, 6.45) is 2.06. The van der Waals surface area contributed by atoms with Gasteiger partial charge in [-0.05, 0) is 0 Å². The second-order valence-corrected chi connectivity index (χ2v) is 1.52. The van der Waals surface area contributed by atoms with E-state index in [9.17, 15) is 19.8 Å². The van der Waals surface area contributed by atoms with Crippen LogP contribution >= 0.6 is 0 Å². The highest BCUT2D eigenvalue weighted by Crippen LogP contribution is 1.82. The highest BCUT2D eigenvalue weighted by atomic mass is 16.4. The Morgan fingerprint density at radius 1 is 1.27 bits per heavy atom. The molecule has 0 aliphatic rings. The van der Waals surface area contributed by atoms with Crippen molar-refractivity contribution in [2.75, 3.05) is 0 Å². The SMILES string of the molecule is O=C(O)/C=C\C=C(\[O-])C(=O)[O-]. The van der Waals surface area contributed by atoms with Gasteiger partial charge in [-0.1, -0.05) is 17.9 Å². The Hall–Kier alpha value is -1.78. The summed E-state index contributed by atoms with van der Waals surface area (Å²) in [5.41, 5.74) is 0. The lowest BCUT2D eigenvalue weighted by Gasteiger charge is -2.09. The molecule has 0 spiro atoms. The molecule has 0 bridgehead atoms. The van der Waals surface area contributed by atoms with Gasteiger partial charge in [0.05, 0.1) is 5.97 Å². The van der Waals surface area contributed by atoms with Gasteiger partial charge in [-0.3, -0.25) is 0 Å². The summed E-state index contributed by atoms with van der Waals surface area (Å²) in [6.45, 7) is 0. The molecule has 0 fully saturated rings. The lowest BCUT2D eigenvalue weighted by Crippen LogP contribution is -2.30. The number of carboxylic acid groups (broad SMARTS) is 2. The number of rotatable bonds is 3. The van der Waals surface area contributed by atoms with Crippen LogP contribution < -0.4 is 10.2 Å². The van der Waals surface area contributed by atoms with Gasteiger partial charge in [0.25, 0.3) is 0 Å². The molecular formula is C6H4O5-2. The first kappa shape index (κ1) is 9.22. The molecule has 0 saturated carbocycles. The van der Waals surface area contributed by atoms with Crippen LogP contribution in [0.25, 0.3) is 0 Å². The second-order valence-electron chi connectivity index (χ2n) is 1.52. The van der Waals surface area contributed by atoms with E-state index >= 15 is 0 Å². The van der Waals surface area contributed by atoms with Gasteiger partial charge in [0.1, 0.15) is 0 Å². The van der Waals surface area contributed by atoms with Crippen molar-refractivity contribution in [3.05, 3.63) is 24.0 Å². The zero-order valence-corrected chi connectivity index (χ0v) is 5.31. The van der Waals surface area contributed by atoms with E-state index in [4.69, 9.17) is 5.11 Å². The van der Waals surface area contributed by atoms with Crippen molar-refractivity contribution in [3.63, 3.8) is 0 Å². The van der Waals surface area contributed by atoms with Crippen LogP contribution in [0.1, 0.15) is 0 Å². The molecule has 0 radical (unpaired) electrons. The summed E-state index contributed by atoms with van der Waals surface area (Å²) >= 11 is 0. The number of aliphatic carboxylic acids is 2. The molecular weight excluding hydrogens is 152 g/mol. The van der Waals surface area contributed by atoms with E-state index in [1.807, 2.05) is 0 Å². The van der Waals surface area contributed by atoms with E-state index < -0.39 is 17.7 Å². The molecule has 5 nitrogen and oxygen atoms in total. The molecule has 60 valence electrons. The number of carbonyl (C=O) groups is 2. The first-order valence-corrected chi connectivity index (χ1v) is 2.53. The minimum Gasteiger partial charge on any atom is -0.871 e. The fourth-order valence-corrected chi connectivity index (χ4v) is 0.286. The summed E-state index contributed by atoms with van der Waals surface area (Å²) in [7, 11) is 0. The Morgan fingerprint density at radius 2 is 1.82 bits per heavy atom. The first-order valence-electron chi connectivity index (χ1n) is 2.53. The van der Waals surface area contributed by atoms with E-state index in [0.29, 0.717) is 12.2 Å². The topological polar surface area (TPSA) is 100 Å². The summed E-state index contributed by atoms with van der Waals surface area (Å²) in [4.78, 5) is 19.5. The third kappa shape index (κ3) is 4.71. The van der Waals surface area contributed by atoms with Crippen molar-refractivity contribution < 1.29 is 24.9 Å². The van der Waals surface area contributed by atoms with E-state index in [1.165, 1.54) is 0 Å². The Balaban J connectivity index is 4.13. The molecule has 0 unspecified atom stereocenters. The summed E-state index contributed by atoms with van der Waals surface area (Å²) in [5, 5.41) is 27.8.